The number of hydrogen-bond donors (Lipinski definition) is 0. The van der Waals surface area contributed by atoms with Crippen molar-refractivity contribution in [2.75, 3.05) is 0 Å². The first-order valence-electron chi connectivity index (χ1n) is 11.6. The Morgan fingerprint density at radius 2 is 1.91 bits per heavy atom. The van der Waals surface area contributed by atoms with Gasteiger partial charge in [0.15, 0.2) is 0 Å². The second kappa shape index (κ2) is 6.99. The van der Waals surface area contributed by atoms with Gasteiger partial charge in [0.1, 0.15) is 11.6 Å². The smallest absolute Gasteiger partial charge is 0.134 e. The molecule has 0 bridgehead atoms. The van der Waals surface area contributed by atoms with Crippen molar-refractivity contribution in [3.8, 4) is 5.69 Å². The molecule has 162 valence electrons. The third-order valence-corrected chi connectivity index (χ3v) is 8.21. The highest BCUT2D eigenvalue weighted by Gasteiger charge is 2.71. The van der Waals surface area contributed by atoms with Gasteiger partial charge >= 0.3 is 0 Å². The maximum atomic E-state index is 13.4. The summed E-state index contributed by atoms with van der Waals surface area (Å²) >= 11 is 0. The molecule has 2 aromatic carbocycles. The van der Waals surface area contributed by atoms with Gasteiger partial charge in [-0.25, -0.2) is 9.07 Å². The van der Waals surface area contributed by atoms with E-state index >= 15 is 0 Å². The standard InChI is InChI=1S/C28H27FN2O/c1-19(32)14-21-5-3-2-4-20(21)10-12-27-13-11-23-15-26-22(16-28(23,27)18-27)17-30-31(26)25-8-6-24(29)7-9-25/h2-9,15,17H,10-14,16,18H2,1H3/t27-,28?/m1/s1. The Balaban J connectivity index is 1.25. The number of benzene rings is 2. The van der Waals surface area contributed by atoms with Gasteiger partial charge in [0.25, 0.3) is 0 Å². The van der Waals surface area contributed by atoms with Crippen LogP contribution >= 0.6 is 0 Å². The minimum atomic E-state index is -0.226. The number of hydrogen-bond acceptors (Lipinski definition) is 2. The summed E-state index contributed by atoms with van der Waals surface area (Å²) in [5, 5.41) is 4.65. The summed E-state index contributed by atoms with van der Waals surface area (Å²) in [6.45, 7) is 1.67. The topological polar surface area (TPSA) is 34.9 Å². The molecule has 2 atom stereocenters. The van der Waals surface area contributed by atoms with Crippen LogP contribution in [0.15, 0.2) is 60.3 Å². The molecular formula is C28H27FN2O. The van der Waals surface area contributed by atoms with Crippen molar-refractivity contribution in [3.63, 3.8) is 0 Å². The number of allylic oxidation sites excluding steroid dienone is 1. The van der Waals surface area contributed by atoms with Crippen LogP contribution in [0.5, 0.6) is 0 Å². The number of aromatic nitrogens is 2. The monoisotopic (exact) mass is 426 g/mol. The van der Waals surface area contributed by atoms with E-state index in [1.807, 2.05) is 16.9 Å². The van der Waals surface area contributed by atoms with Crippen LogP contribution < -0.4 is 0 Å². The SMILES string of the molecule is CC(=O)Cc1ccccc1CC[C@]12CCC3=Cc4c(cnn4-c4ccc(F)cc4)CC31C2. The van der Waals surface area contributed by atoms with Gasteiger partial charge in [-0.3, -0.25) is 4.79 Å². The molecule has 6 rings (SSSR count). The van der Waals surface area contributed by atoms with Crippen LogP contribution in [-0.2, 0) is 24.1 Å². The Kier molecular flexibility index (Phi) is 4.30. The van der Waals surface area contributed by atoms with Gasteiger partial charge in [0, 0.05) is 11.8 Å². The Morgan fingerprint density at radius 3 is 2.69 bits per heavy atom. The second-order valence-corrected chi connectivity index (χ2v) is 9.98. The Bertz CT molecular complexity index is 1250. The number of rotatable bonds is 6. The minimum Gasteiger partial charge on any atom is -0.300 e. The van der Waals surface area contributed by atoms with Crippen molar-refractivity contribution >= 4 is 11.9 Å². The zero-order valence-electron chi connectivity index (χ0n) is 18.4. The van der Waals surface area contributed by atoms with E-state index in [9.17, 15) is 9.18 Å². The summed E-state index contributed by atoms with van der Waals surface area (Å²) in [6, 6.07) is 15.0. The molecule has 32 heavy (non-hydrogen) atoms. The molecule has 2 fully saturated rings. The van der Waals surface area contributed by atoms with Crippen molar-refractivity contribution in [1.29, 1.82) is 0 Å². The molecule has 0 radical (unpaired) electrons. The lowest BCUT2D eigenvalue weighted by Crippen LogP contribution is -2.17. The predicted octanol–water partition coefficient (Wildman–Crippen LogP) is 5.89. The number of ketones is 1. The fraction of sp³-hybridized carbons (Fsp3) is 0.357. The van der Waals surface area contributed by atoms with Crippen molar-refractivity contribution in [2.45, 2.75) is 51.9 Å². The number of nitrogens with zero attached hydrogens (tertiary/aromatic N) is 2. The lowest BCUT2D eigenvalue weighted by Gasteiger charge is -2.24. The maximum absolute atomic E-state index is 13.4. The van der Waals surface area contributed by atoms with E-state index in [1.54, 1.807) is 24.6 Å². The predicted molar refractivity (Wildman–Crippen MR) is 123 cm³/mol. The number of aryl methyl sites for hydroxylation is 1. The van der Waals surface area contributed by atoms with E-state index in [-0.39, 0.29) is 11.6 Å². The van der Waals surface area contributed by atoms with Crippen molar-refractivity contribution in [2.24, 2.45) is 10.8 Å². The van der Waals surface area contributed by atoms with Gasteiger partial charge in [-0.2, -0.15) is 5.10 Å². The summed E-state index contributed by atoms with van der Waals surface area (Å²) in [5.41, 5.74) is 8.15. The number of halogens is 1. The van der Waals surface area contributed by atoms with Crippen molar-refractivity contribution in [1.82, 2.24) is 9.78 Å². The van der Waals surface area contributed by atoms with Crippen LogP contribution in [0.2, 0.25) is 0 Å². The molecule has 3 nitrogen and oxygen atoms in total. The number of Topliss-reactive ketones (excluding diaryl/α,β-unsaturated/α-hetero) is 1. The van der Waals surface area contributed by atoms with Crippen molar-refractivity contribution in [3.05, 3.63) is 88.5 Å². The molecule has 1 aromatic heterocycles. The van der Waals surface area contributed by atoms with Gasteiger partial charge in [-0.05, 0) is 97.9 Å². The lowest BCUT2D eigenvalue weighted by molar-refractivity contribution is -0.116. The van der Waals surface area contributed by atoms with E-state index in [0.717, 1.165) is 30.6 Å². The number of fused-ring (bicyclic) bond motifs is 1. The molecule has 0 saturated heterocycles. The van der Waals surface area contributed by atoms with E-state index in [2.05, 4.69) is 29.4 Å². The largest absolute Gasteiger partial charge is 0.300 e. The van der Waals surface area contributed by atoms with Gasteiger partial charge in [-0.1, -0.05) is 29.8 Å². The average molecular weight is 427 g/mol. The quantitative estimate of drug-likeness (QED) is 0.493. The first-order valence-corrected chi connectivity index (χ1v) is 11.6. The Hall–Kier alpha value is -3.01. The molecule has 1 unspecified atom stereocenters. The van der Waals surface area contributed by atoms with Crippen LogP contribution in [0, 0.1) is 16.6 Å². The molecule has 0 N–H and O–H groups in total. The summed E-state index contributed by atoms with van der Waals surface area (Å²) in [4.78, 5) is 11.7. The van der Waals surface area contributed by atoms with Gasteiger partial charge in [0.05, 0.1) is 17.6 Å². The number of carbonyl (C=O) groups is 1. The van der Waals surface area contributed by atoms with Gasteiger partial charge < -0.3 is 0 Å². The first kappa shape index (κ1) is 19.7. The molecule has 2 saturated carbocycles. The highest BCUT2D eigenvalue weighted by Crippen LogP contribution is 2.79. The van der Waals surface area contributed by atoms with Crippen LogP contribution in [0.4, 0.5) is 4.39 Å². The summed E-state index contributed by atoms with van der Waals surface area (Å²) < 4.78 is 15.3. The van der Waals surface area contributed by atoms with Gasteiger partial charge in [0.2, 0.25) is 0 Å². The summed E-state index contributed by atoms with van der Waals surface area (Å²) in [6.07, 6.45) is 11.9. The van der Waals surface area contributed by atoms with E-state index < -0.39 is 0 Å². The molecule has 0 aliphatic heterocycles. The van der Waals surface area contributed by atoms with Crippen LogP contribution in [-0.4, -0.2) is 15.6 Å². The zero-order chi connectivity index (χ0) is 21.9. The molecule has 1 spiro atoms. The van der Waals surface area contributed by atoms with Gasteiger partial charge in [-0.15, -0.1) is 0 Å². The second-order valence-electron chi connectivity index (χ2n) is 9.98. The molecular weight excluding hydrogens is 399 g/mol. The number of carbonyl (C=O) groups excluding carboxylic acids is 1. The van der Waals surface area contributed by atoms with Crippen LogP contribution in [0.1, 0.15) is 55.0 Å². The molecule has 3 aromatic rings. The Morgan fingerprint density at radius 1 is 1.12 bits per heavy atom. The molecule has 3 aliphatic rings. The van der Waals surface area contributed by atoms with E-state index in [1.165, 1.54) is 48.1 Å². The normalized spacial score (nSPS) is 25.0. The highest BCUT2D eigenvalue weighted by molar-refractivity contribution is 5.78. The molecule has 3 aliphatic carbocycles. The molecule has 1 heterocycles. The maximum Gasteiger partial charge on any atom is 0.134 e. The summed E-state index contributed by atoms with van der Waals surface area (Å²) in [5.74, 6) is -0.00178. The van der Waals surface area contributed by atoms with Crippen LogP contribution in [0.25, 0.3) is 11.8 Å². The fourth-order valence-electron chi connectivity index (χ4n) is 6.53. The van der Waals surface area contributed by atoms with Crippen LogP contribution in [0.3, 0.4) is 0 Å². The van der Waals surface area contributed by atoms with E-state index in [4.69, 9.17) is 0 Å². The highest BCUT2D eigenvalue weighted by atomic mass is 19.1. The fourth-order valence-corrected chi connectivity index (χ4v) is 6.53. The Labute approximate surface area is 188 Å². The molecule has 0 amide bonds. The average Bonchev–Trinajstić information content (AvgIpc) is 3.06. The summed E-state index contributed by atoms with van der Waals surface area (Å²) in [7, 11) is 0. The third kappa shape index (κ3) is 2.92. The third-order valence-electron chi connectivity index (χ3n) is 8.21. The minimum absolute atomic E-state index is 0.225. The van der Waals surface area contributed by atoms with E-state index in [0.29, 0.717) is 17.3 Å². The lowest BCUT2D eigenvalue weighted by atomic mass is 9.80. The van der Waals surface area contributed by atoms with Crippen molar-refractivity contribution < 1.29 is 9.18 Å². The first-order chi connectivity index (χ1) is 15.5. The molecule has 4 heteroatoms. The zero-order valence-corrected chi connectivity index (χ0v) is 18.4.